The lowest BCUT2D eigenvalue weighted by atomic mass is 9.74. The van der Waals surface area contributed by atoms with Gasteiger partial charge in [-0.15, -0.1) is 0 Å². The molecule has 1 N–H and O–H groups in total. The molecule has 2 aliphatic rings. The van der Waals surface area contributed by atoms with E-state index in [-0.39, 0.29) is 11.6 Å². The minimum absolute atomic E-state index is 0.110. The first-order valence-corrected chi connectivity index (χ1v) is 8.89. The third kappa shape index (κ3) is 2.18. The van der Waals surface area contributed by atoms with Crippen LogP contribution in [0, 0.1) is 5.82 Å². The van der Waals surface area contributed by atoms with Gasteiger partial charge in [0.05, 0.1) is 5.52 Å². The van der Waals surface area contributed by atoms with Crippen LogP contribution in [0.25, 0.3) is 10.9 Å². The number of nitrogens with one attached hydrogen (secondary N) is 1. The topological polar surface area (TPSA) is 42.0 Å². The number of rotatable bonds is 1. The summed E-state index contributed by atoms with van der Waals surface area (Å²) in [6.07, 6.45) is 3.92. The number of fused-ring (bicyclic) bond motifs is 3. The van der Waals surface area contributed by atoms with Crippen LogP contribution in [-0.4, -0.2) is 10.8 Å². The molecular formula is C22H17FN2O. The second-order valence-corrected chi connectivity index (χ2v) is 6.85. The largest absolute Gasteiger partial charge is 0.358 e. The van der Waals surface area contributed by atoms with Gasteiger partial charge in [-0.2, -0.15) is 0 Å². The molecule has 0 bridgehead atoms. The maximum absolute atomic E-state index is 14.8. The van der Waals surface area contributed by atoms with Crippen molar-refractivity contribution in [3.63, 3.8) is 0 Å². The standard InChI is InChI=1S/C22H17FN2O/c23-15-7-2-1-5-13(15)21-20-14-6-4-12-24-16(14)10-11-18(20)25-17-8-3-9-19(26)22(17)21/h1-2,4-7,10-12,21,25H,3,8-9H2. The lowest BCUT2D eigenvalue weighted by Gasteiger charge is -2.34. The van der Waals surface area contributed by atoms with Crippen LogP contribution in [0.2, 0.25) is 0 Å². The predicted octanol–water partition coefficient (Wildman–Crippen LogP) is 4.94. The van der Waals surface area contributed by atoms with E-state index in [4.69, 9.17) is 0 Å². The van der Waals surface area contributed by atoms with Crippen LogP contribution in [0.15, 0.2) is 66.0 Å². The Kier molecular flexibility index (Phi) is 3.38. The molecule has 1 aliphatic carbocycles. The van der Waals surface area contributed by atoms with Crippen molar-refractivity contribution in [3.05, 3.63) is 82.9 Å². The molecular weight excluding hydrogens is 327 g/mol. The molecule has 26 heavy (non-hydrogen) atoms. The van der Waals surface area contributed by atoms with Gasteiger partial charge in [-0.3, -0.25) is 9.78 Å². The molecule has 1 aliphatic heterocycles. The average molecular weight is 344 g/mol. The van der Waals surface area contributed by atoms with E-state index in [1.165, 1.54) is 6.07 Å². The summed E-state index contributed by atoms with van der Waals surface area (Å²) in [5.74, 6) is -0.571. The number of allylic oxidation sites excluding steroid dienone is 2. The molecule has 4 heteroatoms. The Balaban J connectivity index is 1.87. The quantitative estimate of drug-likeness (QED) is 0.680. The SMILES string of the molecule is O=C1CCCC2=C1C(c1ccccc1F)c1c(ccc3ncccc13)N2. The van der Waals surface area contributed by atoms with Gasteiger partial charge in [0.15, 0.2) is 5.78 Å². The van der Waals surface area contributed by atoms with Gasteiger partial charge < -0.3 is 5.32 Å². The van der Waals surface area contributed by atoms with E-state index in [9.17, 15) is 9.18 Å². The highest BCUT2D eigenvalue weighted by Gasteiger charge is 2.37. The lowest BCUT2D eigenvalue weighted by Crippen LogP contribution is -2.27. The number of hydrogen-bond donors (Lipinski definition) is 1. The Hall–Kier alpha value is -3.01. The molecule has 128 valence electrons. The minimum Gasteiger partial charge on any atom is -0.358 e. The number of Topliss-reactive ketones (excluding diaryl/α,β-unsaturated/α-hetero) is 1. The molecule has 3 aromatic rings. The minimum atomic E-state index is -0.400. The summed E-state index contributed by atoms with van der Waals surface area (Å²) in [6.45, 7) is 0. The molecule has 1 atom stereocenters. The van der Waals surface area contributed by atoms with E-state index in [2.05, 4.69) is 10.3 Å². The summed E-state index contributed by atoms with van der Waals surface area (Å²) in [6, 6.07) is 14.6. The average Bonchev–Trinajstić information content (AvgIpc) is 2.67. The van der Waals surface area contributed by atoms with Crippen molar-refractivity contribution in [3.8, 4) is 0 Å². The number of pyridine rings is 1. The Morgan fingerprint density at radius 2 is 1.92 bits per heavy atom. The molecule has 2 heterocycles. The number of anilines is 1. The number of benzene rings is 2. The molecule has 0 spiro atoms. The fourth-order valence-corrected chi connectivity index (χ4v) is 4.25. The maximum atomic E-state index is 14.8. The summed E-state index contributed by atoms with van der Waals surface area (Å²) < 4.78 is 14.8. The molecule has 0 amide bonds. The number of ketones is 1. The third-order valence-corrected chi connectivity index (χ3v) is 5.36. The Labute approximate surface area is 150 Å². The van der Waals surface area contributed by atoms with Gasteiger partial charge >= 0.3 is 0 Å². The first kappa shape index (κ1) is 15.3. The van der Waals surface area contributed by atoms with Gasteiger partial charge in [0.1, 0.15) is 5.82 Å². The second-order valence-electron chi connectivity index (χ2n) is 6.85. The van der Waals surface area contributed by atoms with Crippen LogP contribution < -0.4 is 5.32 Å². The zero-order valence-corrected chi connectivity index (χ0v) is 14.1. The summed E-state index contributed by atoms with van der Waals surface area (Å²) in [4.78, 5) is 17.3. The van der Waals surface area contributed by atoms with Crippen molar-refractivity contribution >= 4 is 22.4 Å². The van der Waals surface area contributed by atoms with Crippen LogP contribution in [0.4, 0.5) is 10.1 Å². The molecule has 0 fully saturated rings. The number of nitrogens with zero attached hydrogens (tertiary/aromatic N) is 1. The normalized spacial score (nSPS) is 19.1. The van der Waals surface area contributed by atoms with Crippen LogP contribution in [0.3, 0.4) is 0 Å². The molecule has 1 aromatic heterocycles. The van der Waals surface area contributed by atoms with Gasteiger partial charge in [-0.25, -0.2) is 4.39 Å². The first-order chi connectivity index (χ1) is 12.7. The summed E-state index contributed by atoms with van der Waals surface area (Å²) in [5.41, 5.74) is 4.92. The summed E-state index contributed by atoms with van der Waals surface area (Å²) in [5, 5.41) is 4.40. The fourth-order valence-electron chi connectivity index (χ4n) is 4.25. The first-order valence-electron chi connectivity index (χ1n) is 8.89. The van der Waals surface area contributed by atoms with Crippen molar-refractivity contribution in [1.29, 1.82) is 0 Å². The Bertz CT molecular complexity index is 1090. The van der Waals surface area contributed by atoms with E-state index in [1.807, 2.05) is 30.3 Å². The van der Waals surface area contributed by atoms with E-state index in [1.54, 1.807) is 18.3 Å². The molecule has 0 saturated carbocycles. The number of carbonyl (C=O) groups excluding carboxylic acids is 1. The molecule has 0 radical (unpaired) electrons. The van der Waals surface area contributed by atoms with E-state index >= 15 is 0 Å². The van der Waals surface area contributed by atoms with Crippen LogP contribution in [-0.2, 0) is 4.79 Å². The van der Waals surface area contributed by atoms with Crippen molar-refractivity contribution < 1.29 is 9.18 Å². The van der Waals surface area contributed by atoms with Gasteiger partial charge in [0, 0.05) is 46.4 Å². The molecule has 2 aromatic carbocycles. The van der Waals surface area contributed by atoms with Crippen LogP contribution in [0.5, 0.6) is 0 Å². The Morgan fingerprint density at radius 1 is 1.04 bits per heavy atom. The van der Waals surface area contributed by atoms with E-state index < -0.39 is 5.92 Å². The van der Waals surface area contributed by atoms with E-state index in [0.29, 0.717) is 17.6 Å². The summed E-state index contributed by atoms with van der Waals surface area (Å²) in [7, 11) is 0. The predicted molar refractivity (Wildman–Crippen MR) is 99.5 cm³/mol. The van der Waals surface area contributed by atoms with Gasteiger partial charge in [0.2, 0.25) is 0 Å². The van der Waals surface area contributed by atoms with Crippen LogP contribution in [0.1, 0.15) is 36.3 Å². The molecule has 1 unspecified atom stereocenters. The van der Waals surface area contributed by atoms with Gasteiger partial charge in [0.25, 0.3) is 0 Å². The number of halogens is 1. The van der Waals surface area contributed by atoms with Crippen LogP contribution >= 0.6 is 0 Å². The monoisotopic (exact) mass is 344 g/mol. The highest BCUT2D eigenvalue weighted by Crippen LogP contribution is 2.48. The van der Waals surface area contributed by atoms with Crippen molar-refractivity contribution in [2.24, 2.45) is 0 Å². The number of aromatic nitrogens is 1. The third-order valence-electron chi connectivity index (χ3n) is 5.36. The van der Waals surface area contributed by atoms with Crippen molar-refractivity contribution in [2.75, 3.05) is 5.32 Å². The fraction of sp³-hybridized carbons (Fsp3) is 0.182. The number of carbonyl (C=O) groups is 1. The zero-order valence-electron chi connectivity index (χ0n) is 14.1. The highest BCUT2D eigenvalue weighted by molar-refractivity contribution is 6.03. The summed E-state index contributed by atoms with van der Waals surface area (Å²) >= 11 is 0. The maximum Gasteiger partial charge on any atom is 0.161 e. The highest BCUT2D eigenvalue weighted by atomic mass is 19.1. The van der Waals surface area contributed by atoms with Gasteiger partial charge in [-0.1, -0.05) is 24.3 Å². The lowest BCUT2D eigenvalue weighted by molar-refractivity contribution is -0.116. The molecule has 5 rings (SSSR count). The van der Waals surface area contributed by atoms with E-state index in [0.717, 1.165) is 40.7 Å². The van der Waals surface area contributed by atoms with Crippen molar-refractivity contribution in [2.45, 2.75) is 25.2 Å². The molecule has 0 saturated heterocycles. The zero-order chi connectivity index (χ0) is 17.7. The number of hydrogen-bond acceptors (Lipinski definition) is 3. The van der Waals surface area contributed by atoms with Gasteiger partial charge in [-0.05, 0) is 42.7 Å². The Morgan fingerprint density at radius 3 is 2.81 bits per heavy atom. The second kappa shape index (κ2) is 5.77. The molecule has 3 nitrogen and oxygen atoms in total. The smallest absolute Gasteiger partial charge is 0.161 e. The van der Waals surface area contributed by atoms with Crippen molar-refractivity contribution in [1.82, 2.24) is 4.98 Å².